The molecular formula is C86H49N5S3. The molecule has 0 aliphatic carbocycles. The molecule has 21 rings (SSSR count). The van der Waals surface area contributed by atoms with E-state index in [1.165, 1.54) is 110 Å². The minimum Gasteiger partial charge on any atom is -0.309 e. The highest BCUT2D eigenvalue weighted by molar-refractivity contribution is 7.26. The van der Waals surface area contributed by atoms with Crippen molar-refractivity contribution >= 4 is 171 Å². The average molecular weight is 1250 g/mol. The first kappa shape index (κ1) is 52.1. The van der Waals surface area contributed by atoms with Gasteiger partial charge < -0.3 is 9.13 Å². The van der Waals surface area contributed by atoms with Gasteiger partial charge in [0.15, 0.2) is 0 Å². The quantitative estimate of drug-likeness (QED) is 0.160. The third-order valence-corrected chi connectivity index (χ3v) is 23.1. The molecule has 7 heterocycles. The number of aromatic nitrogens is 5. The van der Waals surface area contributed by atoms with Gasteiger partial charge in [0.05, 0.1) is 44.3 Å². The number of thiophene rings is 3. The second-order valence-corrected chi connectivity index (χ2v) is 28.1. The van der Waals surface area contributed by atoms with E-state index in [0.29, 0.717) is 5.95 Å². The van der Waals surface area contributed by atoms with E-state index in [1.54, 1.807) is 0 Å². The van der Waals surface area contributed by atoms with Crippen molar-refractivity contribution in [2.24, 2.45) is 0 Å². The SMILES string of the molecule is c1cc(-c2nc(-n3c4ccccc4c4ccc(-c5ccc6sc7ccccc7c6c5)cc43)nc3ccc(-n4c5ccccc5c5ccc(-c6ccc7sc8ccccc8c7c6)cc54)cc23)cc(-n2c3ccccc3c3ccc(-c4ccc5sc6ccccc6c5c4)cc32)c1. The molecule has 0 radical (unpaired) electrons. The van der Waals surface area contributed by atoms with Crippen LogP contribution in [0, 0.1) is 0 Å². The van der Waals surface area contributed by atoms with Gasteiger partial charge in [-0.25, -0.2) is 9.97 Å². The third kappa shape index (κ3) is 7.79. The van der Waals surface area contributed by atoms with E-state index >= 15 is 0 Å². The van der Waals surface area contributed by atoms with E-state index < -0.39 is 0 Å². The molecule has 0 aliphatic heterocycles. The van der Waals surface area contributed by atoms with Crippen molar-refractivity contribution in [3.63, 3.8) is 0 Å². The molecule has 436 valence electrons. The van der Waals surface area contributed by atoms with Crippen LogP contribution >= 0.6 is 34.0 Å². The van der Waals surface area contributed by atoms with Gasteiger partial charge in [0.2, 0.25) is 5.95 Å². The van der Waals surface area contributed by atoms with Gasteiger partial charge in [-0.15, -0.1) is 34.0 Å². The van der Waals surface area contributed by atoms with Crippen molar-refractivity contribution in [1.82, 2.24) is 23.7 Å². The van der Waals surface area contributed by atoms with Crippen molar-refractivity contribution in [3.05, 3.63) is 297 Å². The van der Waals surface area contributed by atoms with Crippen LogP contribution in [0.4, 0.5) is 0 Å². The fourth-order valence-electron chi connectivity index (χ4n) is 15.3. The van der Waals surface area contributed by atoms with Gasteiger partial charge in [-0.1, -0.05) is 176 Å². The minimum atomic E-state index is 0.608. The van der Waals surface area contributed by atoms with Crippen LogP contribution in [0.3, 0.4) is 0 Å². The molecule has 94 heavy (non-hydrogen) atoms. The first-order valence-corrected chi connectivity index (χ1v) is 34.3. The molecule has 5 nitrogen and oxygen atoms in total. The van der Waals surface area contributed by atoms with Gasteiger partial charge in [0.1, 0.15) is 0 Å². The molecule has 0 saturated heterocycles. The Labute approximate surface area is 549 Å². The largest absolute Gasteiger partial charge is 0.309 e. The maximum Gasteiger partial charge on any atom is 0.235 e. The first-order valence-electron chi connectivity index (χ1n) is 31.8. The molecular weight excluding hydrogens is 1200 g/mol. The second kappa shape index (κ2) is 20.0. The summed E-state index contributed by atoms with van der Waals surface area (Å²) in [5, 5.41) is 15.8. The highest BCUT2D eigenvalue weighted by atomic mass is 32.1. The normalized spacial score (nSPS) is 12.3. The highest BCUT2D eigenvalue weighted by Crippen LogP contribution is 2.45. The van der Waals surface area contributed by atoms with Gasteiger partial charge >= 0.3 is 0 Å². The van der Waals surface area contributed by atoms with E-state index in [4.69, 9.17) is 9.97 Å². The lowest BCUT2D eigenvalue weighted by molar-refractivity contribution is 1.01. The molecule has 0 aliphatic rings. The Hall–Kier alpha value is -11.5. The summed E-state index contributed by atoms with van der Waals surface area (Å²) >= 11 is 5.56. The van der Waals surface area contributed by atoms with Crippen molar-refractivity contribution in [2.45, 2.75) is 0 Å². The fourth-order valence-corrected chi connectivity index (χ4v) is 18.6. The number of para-hydroxylation sites is 3. The molecule has 21 aromatic rings. The Balaban J connectivity index is 0.784. The zero-order valence-electron chi connectivity index (χ0n) is 50.3. The molecule has 0 N–H and O–H groups in total. The summed E-state index contributed by atoms with van der Waals surface area (Å²) in [6.07, 6.45) is 0. The monoisotopic (exact) mass is 1250 g/mol. The van der Waals surface area contributed by atoms with Gasteiger partial charge in [-0.2, -0.15) is 0 Å². The zero-order chi connectivity index (χ0) is 61.3. The molecule has 0 amide bonds. The van der Waals surface area contributed by atoms with E-state index in [-0.39, 0.29) is 0 Å². The minimum absolute atomic E-state index is 0.608. The van der Waals surface area contributed by atoms with Crippen molar-refractivity contribution in [1.29, 1.82) is 0 Å². The van der Waals surface area contributed by atoms with Crippen LogP contribution in [-0.2, 0) is 0 Å². The standard InChI is InChI=1S/C86H49N5S3/c1-7-22-73-59(16-1)62-35-28-53(50-31-39-82-68(43-50)65-19-4-10-25-79(65)92-82)46-76(62)89(73)57-15-13-14-56(42-57)85-71-49-58(90-74-23-8-2-17-60(74)63-36-29-54(47-77(63)90)51-32-40-83-69(44-51)66-20-5-11-26-80(66)93-83)34-38-72(71)87-86(88-85)91-75-24-9-3-18-61(75)64-37-30-55(48-78(64)91)52-33-41-84-70(45-52)67-21-6-12-27-81(67)94-84/h1-49H. The summed E-state index contributed by atoms with van der Waals surface area (Å²) in [7, 11) is 0. The predicted octanol–water partition coefficient (Wildman–Crippen LogP) is 24.7. The van der Waals surface area contributed by atoms with Crippen molar-refractivity contribution in [2.75, 3.05) is 0 Å². The number of hydrogen-bond donors (Lipinski definition) is 0. The number of fused-ring (bicyclic) bond motifs is 19. The summed E-state index contributed by atoms with van der Waals surface area (Å²) in [6, 6.07) is 110. The van der Waals surface area contributed by atoms with Crippen molar-refractivity contribution in [3.8, 4) is 62.0 Å². The summed E-state index contributed by atoms with van der Waals surface area (Å²) in [4.78, 5) is 11.6. The summed E-state index contributed by atoms with van der Waals surface area (Å²) in [6.45, 7) is 0. The molecule has 0 bridgehead atoms. The maximum atomic E-state index is 5.91. The molecule has 0 fully saturated rings. The Bertz CT molecular complexity index is 6820. The fraction of sp³-hybridized carbons (Fsp3) is 0. The summed E-state index contributed by atoms with van der Waals surface area (Å²) in [5.74, 6) is 0.608. The van der Waals surface area contributed by atoms with Crippen LogP contribution in [0.5, 0.6) is 0 Å². The topological polar surface area (TPSA) is 40.6 Å². The predicted molar refractivity (Wildman–Crippen MR) is 403 cm³/mol. The zero-order valence-corrected chi connectivity index (χ0v) is 52.7. The lowest BCUT2D eigenvalue weighted by Gasteiger charge is -2.16. The summed E-state index contributed by atoms with van der Waals surface area (Å²) < 4.78 is 15.0. The lowest BCUT2D eigenvalue weighted by Crippen LogP contribution is -2.04. The van der Waals surface area contributed by atoms with E-state index in [1.807, 2.05) is 34.0 Å². The maximum absolute atomic E-state index is 5.91. The van der Waals surface area contributed by atoms with Gasteiger partial charge in [0.25, 0.3) is 0 Å². The smallest absolute Gasteiger partial charge is 0.235 e. The van der Waals surface area contributed by atoms with Gasteiger partial charge in [0, 0.05) is 115 Å². The number of hydrogen-bond acceptors (Lipinski definition) is 5. The molecule has 0 spiro atoms. The van der Waals surface area contributed by atoms with E-state index in [0.717, 1.165) is 83.0 Å². The van der Waals surface area contributed by atoms with Gasteiger partial charge in [-0.3, -0.25) is 4.57 Å². The van der Waals surface area contributed by atoms with E-state index in [2.05, 4.69) is 311 Å². The lowest BCUT2D eigenvalue weighted by atomic mass is 10.0. The Kier molecular flexibility index (Phi) is 11.1. The van der Waals surface area contributed by atoms with Crippen LogP contribution in [0.15, 0.2) is 297 Å². The average Bonchev–Trinajstić information content (AvgIpc) is 1.54. The second-order valence-electron chi connectivity index (χ2n) is 24.8. The Morgan fingerprint density at radius 2 is 0.564 bits per heavy atom. The van der Waals surface area contributed by atoms with Crippen LogP contribution < -0.4 is 0 Å². The molecule has 8 heteroatoms. The van der Waals surface area contributed by atoms with Crippen LogP contribution in [0.2, 0.25) is 0 Å². The molecule has 0 atom stereocenters. The Morgan fingerprint density at radius 3 is 1.03 bits per heavy atom. The number of benzene rings is 14. The molecule has 7 aromatic heterocycles. The van der Waals surface area contributed by atoms with Crippen LogP contribution in [-0.4, -0.2) is 23.7 Å². The third-order valence-electron chi connectivity index (χ3n) is 19.7. The van der Waals surface area contributed by atoms with Crippen LogP contribution in [0.25, 0.3) is 199 Å². The first-order chi connectivity index (χ1) is 46.5. The highest BCUT2D eigenvalue weighted by Gasteiger charge is 2.23. The number of nitrogens with zero attached hydrogens (tertiary/aromatic N) is 5. The Morgan fingerprint density at radius 1 is 0.202 bits per heavy atom. The molecule has 0 unspecified atom stereocenters. The number of rotatable bonds is 7. The van der Waals surface area contributed by atoms with E-state index in [9.17, 15) is 0 Å². The molecule has 14 aromatic carbocycles. The molecule has 0 saturated carbocycles. The summed E-state index contributed by atoms with van der Waals surface area (Å²) in [5.41, 5.74) is 18.4. The van der Waals surface area contributed by atoms with Gasteiger partial charge in [-0.05, 0) is 155 Å². The van der Waals surface area contributed by atoms with Crippen molar-refractivity contribution < 1.29 is 0 Å². The van der Waals surface area contributed by atoms with Crippen LogP contribution in [0.1, 0.15) is 0 Å².